The summed E-state index contributed by atoms with van der Waals surface area (Å²) in [7, 11) is 1.99. The first-order valence-electron chi connectivity index (χ1n) is 5.41. The van der Waals surface area contributed by atoms with E-state index in [0.29, 0.717) is 0 Å². The van der Waals surface area contributed by atoms with Crippen LogP contribution in [0.15, 0.2) is 36.7 Å². The molecule has 0 amide bonds. The number of rotatable bonds is 3. The Balaban J connectivity index is 2.23. The van der Waals surface area contributed by atoms with Gasteiger partial charge in [0.2, 0.25) is 0 Å². The second kappa shape index (κ2) is 4.39. The first kappa shape index (κ1) is 10.7. The van der Waals surface area contributed by atoms with Gasteiger partial charge in [-0.15, -0.1) is 0 Å². The van der Waals surface area contributed by atoms with Crippen molar-refractivity contribution in [3.63, 3.8) is 0 Å². The Bertz CT molecular complexity index is 457. The lowest BCUT2D eigenvalue weighted by Gasteiger charge is -2.10. The molecule has 16 heavy (non-hydrogen) atoms. The summed E-state index contributed by atoms with van der Waals surface area (Å²) in [6.07, 6.45) is 3.95. The van der Waals surface area contributed by atoms with Gasteiger partial charge in [0, 0.05) is 25.0 Å². The summed E-state index contributed by atoms with van der Waals surface area (Å²) in [5.74, 6) is 1.86. The van der Waals surface area contributed by atoms with Crippen LogP contribution in [0.5, 0.6) is 5.75 Å². The normalized spacial score (nSPS) is 10.8. The molecule has 0 N–H and O–H groups in total. The van der Waals surface area contributed by atoms with E-state index in [9.17, 15) is 0 Å². The highest BCUT2D eigenvalue weighted by atomic mass is 16.5. The lowest BCUT2D eigenvalue weighted by atomic mass is 10.2. The van der Waals surface area contributed by atoms with Crippen molar-refractivity contribution in [3.8, 4) is 17.1 Å². The van der Waals surface area contributed by atoms with Gasteiger partial charge in [0.25, 0.3) is 0 Å². The summed E-state index contributed by atoms with van der Waals surface area (Å²) in [5.41, 5.74) is 1.10. The quantitative estimate of drug-likeness (QED) is 0.788. The number of benzene rings is 1. The van der Waals surface area contributed by atoms with E-state index < -0.39 is 0 Å². The van der Waals surface area contributed by atoms with E-state index in [1.807, 2.05) is 55.9 Å². The monoisotopic (exact) mass is 216 g/mol. The number of ether oxygens (including phenoxy) is 1. The molecule has 1 aromatic heterocycles. The number of hydrogen-bond acceptors (Lipinski definition) is 2. The highest BCUT2D eigenvalue weighted by Gasteiger charge is 2.03. The number of nitrogens with zero attached hydrogens (tertiary/aromatic N) is 2. The van der Waals surface area contributed by atoms with Gasteiger partial charge >= 0.3 is 0 Å². The number of hydrogen-bond donors (Lipinski definition) is 0. The van der Waals surface area contributed by atoms with Crippen LogP contribution in [-0.2, 0) is 7.05 Å². The molecule has 0 bridgehead atoms. The molecule has 2 rings (SSSR count). The highest BCUT2D eigenvalue weighted by molar-refractivity contribution is 5.56. The Morgan fingerprint density at radius 2 is 1.88 bits per heavy atom. The van der Waals surface area contributed by atoms with Crippen LogP contribution in [0.1, 0.15) is 13.8 Å². The average Bonchev–Trinajstić information content (AvgIpc) is 2.65. The van der Waals surface area contributed by atoms with Crippen LogP contribution in [0.2, 0.25) is 0 Å². The molecule has 0 aliphatic carbocycles. The Morgan fingerprint density at radius 3 is 2.38 bits per heavy atom. The minimum absolute atomic E-state index is 0.207. The molecule has 0 unspecified atom stereocenters. The summed E-state index contributed by atoms with van der Waals surface area (Å²) < 4.78 is 7.59. The molecule has 0 atom stereocenters. The third-order valence-electron chi connectivity index (χ3n) is 2.31. The van der Waals surface area contributed by atoms with Crippen LogP contribution >= 0.6 is 0 Å². The van der Waals surface area contributed by atoms with Crippen molar-refractivity contribution in [3.05, 3.63) is 36.7 Å². The van der Waals surface area contributed by atoms with E-state index >= 15 is 0 Å². The molecule has 3 heteroatoms. The number of aryl methyl sites for hydroxylation is 1. The lowest BCUT2D eigenvalue weighted by molar-refractivity contribution is 0.242. The molecule has 1 heterocycles. The topological polar surface area (TPSA) is 27.1 Å². The summed E-state index contributed by atoms with van der Waals surface area (Å²) in [6.45, 7) is 4.04. The van der Waals surface area contributed by atoms with E-state index in [0.717, 1.165) is 17.1 Å². The standard InChI is InChI=1S/C13H16N2O/c1-10(2)16-12-6-4-11(5-7-12)13-14-8-9-15(13)3/h4-10H,1-3H3. The lowest BCUT2D eigenvalue weighted by Crippen LogP contribution is -2.05. The maximum absolute atomic E-state index is 5.59. The van der Waals surface area contributed by atoms with E-state index in [1.54, 1.807) is 6.20 Å². The van der Waals surface area contributed by atoms with E-state index in [2.05, 4.69) is 4.98 Å². The average molecular weight is 216 g/mol. The fourth-order valence-electron chi connectivity index (χ4n) is 1.60. The Morgan fingerprint density at radius 1 is 1.19 bits per heavy atom. The van der Waals surface area contributed by atoms with Gasteiger partial charge in [-0.3, -0.25) is 0 Å². The zero-order chi connectivity index (χ0) is 11.5. The molecule has 2 aromatic rings. The van der Waals surface area contributed by atoms with Gasteiger partial charge in [-0.2, -0.15) is 0 Å². The molecular weight excluding hydrogens is 200 g/mol. The van der Waals surface area contributed by atoms with E-state index in [-0.39, 0.29) is 6.10 Å². The highest BCUT2D eigenvalue weighted by Crippen LogP contribution is 2.20. The molecule has 0 radical (unpaired) electrons. The van der Waals surface area contributed by atoms with Crippen molar-refractivity contribution in [2.75, 3.05) is 0 Å². The predicted molar refractivity (Wildman–Crippen MR) is 64.4 cm³/mol. The van der Waals surface area contributed by atoms with E-state index in [4.69, 9.17) is 4.74 Å². The van der Waals surface area contributed by atoms with Crippen LogP contribution in [0.25, 0.3) is 11.4 Å². The van der Waals surface area contributed by atoms with Crippen LogP contribution in [-0.4, -0.2) is 15.7 Å². The minimum Gasteiger partial charge on any atom is -0.491 e. The smallest absolute Gasteiger partial charge is 0.139 e. The second-order valence-corrected chi connectivity index (χ2v) is 4.05. The van der Waals surface area contributed by atoms with Crippen LogP contribution in [0, 0.1) is 0 Å². The van der Waals surface area contributed by atoms with Crippen molar-refractivity contribution < 1.29 is 4.74 Å². The van der Waals surface area contributed by atoms with Crippen molar-refractivity contribution >= 4 is 0 Å². The fraction of sp³-hybridized carbons (Fsp3) is 0.308. The summed E-state index contributed by atoms with van der Waals surface area (Å²) in [4.78, 5) is 4.30. The van der Waals surface area contributed by atoms with Crippen molar-refractivity contribution in [2.45, 2.75) is 20.0 Å². The Labute approximate surface area is 95.7 Å². The zero-order valence-corrected chi connectivity index (χ0v) is 9.84. The summed E-state index contributed by atoms with van der Waals surface area (Å²) in [6, 6.07) is 8.01. The largest absolute Gasteiger partial charge is 0.491 e. The second-order valence-electron chi connectivity index (χ2n) is 4.05. The van der Waals surface area contributed by atoms with Crippen molar-refractivity contribution in [2.24, 2.45) is 7.05 Å². The van der Waals surface area contributed by atoms with E-state index in [1.165, 1.54) is 0 Å². The van der Waals surface area contributed by atoms with Gasteiger partial charge < -0.3 is 9.30 Å². The molecule has 0 saturated carbocycles. The number of aromatic nitrogens is 2. The maximum atomic E-state index is 5.59. The van der Waals surface area contributed by atoms with Crippen LogP contribution in [0.3, 0.4) is 0 Å². The van der Waals surface area contributed by atoms with Crippen molar-refractivity contribution in [1.82, 2.24) is 9.55 Å². The summed E-state index contributed by atoms with van der Waals surface area (Å²) in [5, 5.41) is 0. The molecular formula is C13H16N2O. The van der Waals surface area contributed by atoms with Gasteiger partial charge in [-0.1, -0.05) is 0 Å². The van der Waals surface area contributed by atoms with Gasteiger partial charge in [-0.25, -0.2) is 4.98 Å². The maximum Gasteiger partial charge on any atom is 0.139 e. The molecule has 0 fully saturated rings. The first-order valence-corrected chi connectivity index (χ1v) is 5.41. The Kier molecular flexibility index (Phi) is 2.95. The number of imidazole rings is 1. The molecule has 1 aromatic carbocycles. The fourth-order valence-corrected chi connectivity index (χ4v) is 1.60. The summed E-state index contributed by atoms with van der Waals surface area (Å²) >= 11 is 0. The van der Waals surface area contributed by atoms with Gasteiger partial charge in [0.1, 0.15) is 11.6 Å². The third kappa shape index (κ3) is 2.24. The molecule has 3 nitrogen and oxygen atoms in total. The zero-order valence-electron chi connectivity index (χ0n) is 9.84. The van der Waals surface area contributed by atoms with Crippen LogP contribution in [0.4, 0.5) is 0 Å². The molecule has 0 aliphatic heterocycles. The van der Waals surface area contributed by atoms with Gasteiger partial charge in [0.15, 0.2) is 0 Å². The molecule has 84 valence electrons. The minimum atomic E-state index is 0.207. The van der Waals surface area contributed by atoms with Crippen molar-refractivity contribution in [1.29, 1.82) is 0 Å². The SMILES string of the molecule is CC(C)Oc1ccc(-c2nccn2C)cc1. The van der Waals surface area contributed by atoms with Gasteiger partial charge in [0.05, 0.1) is 6.10 Å². The third-order valence-corrected chi connectivity index (χ3v) is 2.31. The molecule has 0 aliphatic rings. The Hall–Kier alpha value is -1.77. The molecule has 0 saturated heterocycles. The van der Waals surface area contributed by atoms with Crippen LogP contribution < -0.4 is 4.74 Å². The predicted octanol–water partition coefficient (Wildman–Crippen LogP) is 2.87. The molecule has 0 spiro atoms. The first-order chi connectivity index (χ1) is 7.66. The van der Waals surface area contributed by atoms with Gasteiger partial charge in [-0.05, 0) is 38.1 Å².